The number of rotatable bonds is 6. The van der Waals surface area contributed by atoms with Crippen molar-refractivity contribution in [2.45, 2.75) is 25.6 Å². The predicted octanol–water partition coefficient (Wildman–Crippen LogP) is 4.75. The number of aromatic nitrogens is 1. The molecule has 1 saturated heterocycles. The second-order valence-corrected chi connectivity index (χ2v) is 10.5. The van der Waals surface area contributed by atoms with Gasteiger partial charge in [0, 0.05) is 11.6 Å². The zero-order valence-corrected chi connectivity index (χ0v) is 22.4. The molecule has 2 heterocycles. The Kier molecular flexibility index (Phi) is 8.19. The molecule has 1 aromatic heterocycles. The molecule has 0 bridgehead atoms. The fourth-order valence-corrected chi connectivity index (χ4v) is 4.43. The molecule has 208 valence electrons. The number of nitrogens with zero attached hydrogens (tertiary/aromatic N) is 2. The Morgan fingerprint density at radius 2 is 1.98 bits per heavy atom. The Hall–Kier alpha value is -3.94. The lowest BCUT2D eigenvalue weighted by Gasteiger charge is -2.24. The third kappa shape index (κ3) is 6.61. The van der Waals surface area contributed by atoms with Gasteiger partial charge in [0.05, 0.1) is 33.2 Å². The number of aliphatic hydroxyl groups is 1. The number of hydrogen-bond acceptors (Lipinski definition) is 8. The summed E-state index contributed by atoms with van der Waals surface area (Å²) in [6, 6.07) is 11.2. The number of alkyl halides is 3. The Bertz CT molecular complexity index is 1590. The highest BCUT2D eigenvalue weighted by molar-refractivity contribution is 8.18. The second kappa shape index (κ2) is 11.3. The lowest BCUT2D eigenvalue weighted by molar-refractivity contribution is -0.189. The Labute approximate surface area is 234 Å². The summed E-state index contributed by atoms with van der Waals surface area (Å²) in [6.07, 6.45) is -2.16. The van der Waals surface area contributed by atoms with E-state index in [-0.39, 0.29) is 15.1 Å². The lowest BCUT2D eigenvalue weighted by atomic mass is 10.1. The van der Waals surface area contributed by atoms with E-state index in [1.807, 2.05) is 12.1 Å². The summed E-state index contributed by atoms with van der Waals surface area (Å²) in [5.41, 5.74) is -0.714. The maximum atomic E-state index is 13.1. The zero-order valence-electron chi connectivity index (χ0n) is 20.8. The average molecular weight is 593 g/mol. The van der Waals surface area contributed by atoms with Crippen molar-refractivity contribution >= 4 is 69.0 Å². The van der Waals surface area contributed by atoms with Gasteiger partial charge in [0.2, 0.25) is 0 Å². The maximum absolute atomic E-state index is 13.1. The number of aliphatic imine (C=N–C) groups is 1. The van der Waals surface area contributed by atoms with Crippen LogP contribution in [0.4, 0.5) is 18.9 Å². The molecule has 1 aliphatic heterocycles. The van der Waals surface area contributed by atoms with Crippen LogP contribution in [0, 0.1) is 0 Å². The third-order valence-corrected chi connectivity index (χ3v) is 6.60. The van der Waals surface area contributed by atoms with Crippen LogP contribution in [0.25, 0.3) is 17.0 Å². The van der Waals surface area contributed by atoms with E-state index in [1.54, 1.807) is 30.5 Å². The number of benzene rings is 2. The minimum atomic E-state index is -5.40. The number of fused-ring (bicyclic) bond motifs is 1. The largest absolute Gasteiger partial charge is 0.491 e. The topological polar surface area (TPSA) is 130 Å². The number of carbonyl (C=O) groups is 3. The number of halogens is 4. The number of pyridine rings is 1. The number of thioether (sulfide) groups is 1. The van der Waals surface area contributed by atoms with E-state index in [9.17, 15) is 32.7 Å². The molecule has 1 fully saturated rings. The standard InChI is InChI=1S/C26H20ClF3N4O5S/c1-25(2,12-35)34-21(36)15-6-7-16(27)19(20(15)39-23(38)26(28,29)30)32-24-33-22(37)18(40-24)11-13-5-8-17-14(10-13)4-3-9-31-17/h3-11,35H,12H2,1-2H3,(H,34,36)(H,32,33,37)/b18-11-. The van der Waals surface area contributed by atoms with Crippen molar-refractivity contribution in [2.24, 2.45) is 4.99 Å². The van der Waals surface area contributed by atoms with Gasteiger partial charge in [-0.3, -0.25) is 14.6 Å². The smallest absolute Gasteiger partial charge is 0.417 e. The minimum Gasteiger partial charge on any atom is -0.417 e. The normalized spacial score (nSPS) is 15.9. The van der Waals surface area contributed by atoms with Gasteiger partial charge in [-0.05, 0) is 67.6 Å². The van der Waals surface area contributed by atoms with E-state index in [0.29, 0.717) is 5.56 Å². The van der Waals surface area contributed by atoms with E-state index >= 15 is 0 Å². The molecule has 14 heteroatoms. The molecule has 0 saturated carbocycles. The van der Waals surface area contributed by atoms with Crippen molar-refractivity contribution in [1.29, 1.82) is 0 Å². The van der Waals surface area contributed by atoms with Crippen molar-refractivity contribution < 1.29 is 37.4 Å². The van der Waals surface area contributed by atoms with Crippen molar-refractivity contribution in [3.8, 4) is 5.75 Å². The molecule has 0 unspecified atom stereocenters. The van der Waals surface area contributed by atoms with Gasteiger partial charge in [0.15, 0.2) is 10.9 Å². The van der Waals surface area contributed by atoms with Crippen LogP contribution in [0.3, 0.4) is 0 Å². The summed E-state index contributed by atoms with van der Waals surface area (Å²) in [7, 11) is 0. The molecule has 1 aliphatic rings. The molecule has 9 nitrogen and oxygen atoms in total. The Morgan fingerprint density at radius 3 is 2.67 bits per heavy atom. The number of amides is 2. The van der Waals surface area contributed by atoms with Crippen LogP contribution in [-0.2, 0) is 9.59 Å². The summed E-state index contributed by atoms with van der Waals surface area (Å²) in [4.78, 5) is 45.9. The molecule has 0 spiro atoms. The average Bonchev–Trinajstić information content (AvgIpc) is 3.23. The second-order valence-electron chi connectivity index (χ2n) is 9.09. The van der Waals surface area contributed by atoms with Crippen LogP contribution in [0.15, 0.2) is 58.6 Å². The third-order valence-electron chi connectivity index (χ3n) is 5.39. The molecule has 4 rings (SSSR count). The fourth-order valence-electron chi connectivity index (χ4n) is 3.42. The van der Waals surface area contributed by atoms with Crippen molar-refractivity contribution in [3.05, 3.63) is 69.7 Å². The quantitative estimate of drug-likeness (QED) is 0.214. The van der Waals surface area contributed by atoms with Crippen LogP contribution >= 0.6 is 23.4 Å². The maximum Gasteiger partial charge on any atom is 0.491 e. The van der Waals surface area contributed by atoms with Gasteiger partial charge in [0.1, 0.15) is 5.69 Å². The molecule has 40 heavy (non-hydrogen) atoms. The molecule has 0 atom stereocenters. The first kappa shape index (κ1) is 29.1. The van der Waals surface area contributed by atoms with Gasteiger partial charge in [-0.2, -0.15) is 13.2 Å². The van der Waals surface area contributed by atoms with Crippen LogP contribution < -0.4 is 15.4 Å². The van der Waals surface area contributed by atoms with Crippen LogP contribution in [0.2, 0.25) is 5.02 Å². The number of esters is 1. The lowest BCUT2D eigenvalue weighted by Crippen LogP contribution is -2.46. The molecule has 0 aliphatic carbocycles. The van der Waals surface area contributed by atoms with E-state index in [0.717, 1.165) is 28.7 Å². The van der Waals surface area contributed by atoms with Gasteiger partial charge < -0.3 is 20.5 Å². The Morgan fingerprint density at radius 1 is 1.23 bits per heavy atom. The summed E-state index contributed by atoms with van der Waals surface area (Å²) in [6.45, 7) is 2.44. The van der Waals surface area contributed by atoms with Gasteiger partial charge >= 0.3 is 12.1 Å². The number of nitrogens with one attached hydrogen (secondary N) is 2. The highest BCUT2D eigenvalue weighted by Gasteiger charge is 2.43. The van der Waals surface area contributed by atoms with Gasteiger partial charge in [-0.1, -0.05) is 23.7 Å². The van der Waals surface area contributed by atoms with Crippen molar-refractivity contribution in [2.75, 3.05) is 6.61 Å². The molecule has 0 radical (unpaired) electrons. The molecule has 2 amide bonds. The predicted molar refractivity (Wildman–Crippen MR) is 144 cm³/mol. The molecule has 3 N–H and O–H groups in total. The first-order valence-corrected chi connectivity index (χ1v) is 12.7. The van der Waals surface area contributed by atoms with Crippen LogP contribution in [0.1, 0.15) is 29.8 Å². The number of aliphatic hydroxyl groups excluding tert-OH is 1. The summed E-state index contributed by atoms with van der Waals surface area (Å²) in [5.74, 6) is -4.99. The first-order chi connectivity index (χ1) is 18.8. The number of hydrogen-bond donors (Lipinski definition) is 3. The van der Waals surface area contributed by atoms with E-state index in [4.69, 9.17) is 11.6 Å². The van der Waals surface area contributed by atoms with Crippen molar-refractivity contribution in [3.63, 3.8) is 0 Å². The van der Waals surface area contributed by atoms with E-state index in [2.05, 4.69) is 25.3 Å². The first-order valence-electron chi connectivity index (χ1n) is 11.5. The van der Waals surface area contributed by atoms with Crippen LogP contribution in [0.5, 0.6) is 5.75 Å². The monoisotopic (exact) mass is 592 g/mol. The minimum absolute atomic E-state index is 0.0850. The van der Waals surface area contributed by atoms with Crippen molar-refractivity contribution in [1.82, 2.24) is 15.6 Å². The zero-order chi connectivity index (χ0) is 29.2. The molecule has 2 aromatic carbocycles. The summed E-state index contributed by atoms with van der Waals surface area (Å²) >= 11 is 7.07. The van der Waals surface area contributed by atoms with Gasteiger partial charge in [-0.25, -0.2) is 9.79 Å². The SMILES string of the molecule is CC(C)(CO)NC(=O)c1ccc(Cl)c(N=C2NC(=O)/C(=C/c3ccc4ncccc4c3)S2)c1OC(=O)C(F)(F)F. The van der Waals surface area contributed by atoms with Gasteiger partial charge in [0.25, 0.3) is 11.8 Å². The van der Waals surface area contributed by atoms with Gasteiger partial charge in [-0.15, -0.1) is 0 Å². The highest BCUT2D eigenvalue weighted by Crippen LogP contribution is 2.41. The van der Waals surface area contributed by atoms with E-state index < -0.39 is 53.1 Å². The number of ether oxygens (including phenoxy) is 1. The summed E-state index contributed by atoms with van der Waals surface area (Å²) < 4.78 is 43.8. The molecular formula is C26H20ClF3N4O5S. The number of carbonyl (C=O) groups excluding carboxylic acids is 3. The Balaban J connectivity index is 1.73. The highest BCUT2D eigenvalue weighted by atomic mass is 35.5. The number of amidine groups is 1. The molecule has 3 aromatic rings. The fraction of sp³-hybridized carbons (Fsp3) is 0.192. The summed E-state index contributed by atoms with van der Waals surface area (Å²) in [5, 5.41) is 14.9. The van der Waals surface area contributed by atoms with Crippen LogP contribution in [-0.4, -0.2) is 51.4 Å². The van der Waals surface area contributed by atoms with E-state index in [1.165, 1.54) is 19.9 Å². The molecular weight excluding hydrogens is 573 g/mol.